The normalized spacial score (nSPS) is 21.1. The number of rotatable bonds is 4. The van der Waals surface area contributed by atoms with E-state index in [1.807, 2.05) is 48.5 Å². The van der Waals surface area contributed by atoms with E-state index in [9.17, 15) is 14.4 Å². The summed E-state index contributed by atoms with van der Waals surface area (Å²) >= 11 is 0. The first-order valence-electron chi connectivity index (χ1n) is 9.65. The third-order valence-electron chi connectivity index (χ3n) is 5.52. The highest BCUT2D eigenvalue weighted by Gasteiger charge is 2.43. The van der Waals surface area contributed by atoms with Gasteiger partial charge in [0.25, 0.3) is 5.91 Å². The van der Waals surface area contributed by atoms with Crippen molar-refractivity contribution < 1.29 is 14.4 Å². The zero-order chi connectivity index (χ0) is 19.5. The highest BCUT2D eigenvalue weighted by molar-refractivity contribution is 6.22. The van der Waals surface area contributed by atoms with Gasteiger partial charge in [-0.3, -0.25) is 19.3 Å². The van der Waals surface area contributed by atoms with Crippen molar-refractivity contribution in [2.75, 3.05) is 23.3 Å². The fourth-order valence-electron chi connectivity index (χ4n) is 3.99. The van der Waals surface area contributed by atoms with E-state index in [2.05, 4.69) is 10.2 Å². The summed E-state index contributed by atoms with van der Waals surface area (Å²) in [5, 5.41) is 2.95. The van der Waals surface area contributed by atoms with E-state index in [1.165, 1.54) is 4.90 Å². The number of carbonyl (C=O) groups excluding carboxylic acids is 3. The van der Waals surface area contributed by atoms with Crippen molar-refractivity contribution in [3.05, 3.63) is 60.7 Å². The van der Waals surface area contributed by atoms with E-state index in [1.54, 1.807) is 12.1 Å². The van der Waals surface area contributed by atoms with Crippen molar-refractivity contribution in [3.63, 3.8) is 0 Å². The number of nitrogens with zero attached hydrogens (tertiary/aromatic N) is 2. The molecule has 2 aromatic rings. The van der Waals surface area contributed by atoms with Crippen molar-refractivity contribution in [1.82, 2.24) is 4.90 Å². The standard InChI is InChI=1S/C22H23N3O3/c26-20-15-19(22(28)25(20)18-9-5-2-6-10-18)24-13-11-16(12-14-24)21(27)23-17-7-3-1-4-8-17/h1-10,16,19H,11-15H2,(H,23,27)/t19-/m1/s1. The summed E-state index contributed by atoms with van der Waals surface area (Å²) in [5.74, 6) is -0.381. The van der Waals surface area contributed by atoms with Crippen molar-refractivity contribution in [1.29, 1.82) is 0 Å². The zero-order valence-corrected chi connectivity index (χ0v) is 15.6. The first kappa shape index (κ1) is 18.4. The molecule has 1 N–H and O–H groups in total. The quantitative estimate of drug-likeness (QED) is 0.832. The average molecular weight is 377 g/mol. The number of anilines is 2. The number of hydrogen-bond acceptors (Lipinski definition) is 4. The summed E-state index contributed by atoms with van der Waals surface area (Å²) in [6.45, 7) is 1.28. The number of piperidine rings is 1. The molecule has 6 heteroatoms. The molecule has 3 amide bonds. The molecule has 2 aromatic carbocycles. The third-order valence-corrected chi connectivity index (χ3v) is 5.52. The summed E-state index contributed by atoms with van der Waals surface area (Å²) in [6, 6.07) is 18.0. The van der Waals surface area contributed by atoms with Crippen LogP contribution in [-0.4, -0.2) is 41.8 Å². The number of imide groups is 1. The Hall–Kier alpha value is -2.99. The van der Waals surface area contributed by atoms with Gasteiger partial charge in [0, 0.05) is 11.6 Å². The van der Waals surface area contributed by atoms with Gasteiger partial charge in [0.1, 0.15) is 0 Å². The van der Waals surface area contributed by atoms with Crippen molar-refractivity contribution in [3.8, 4) is 0 Å². The van der Waals surface area contributed by atoms with Crippen LogP contribution in [0.2, 0.25) is 0 Å². The van der Waals surface area contributed by atoms with Crippen molar-refractivity contribution in [2.45, 2.75) is 25.3 Å². The number of nitrogens with one attached hydrogen (secondary N) is 1. The summed E-state index contributed by atoms with van der Waals surface area (Å²) in [6.07, 6.45) is 1.57. The third kappa shape index (κ3) is 3.68. The van der Waals surface area contributed by atoms with Gasteiger partial charge in [0.2, 0.25) is 11.8 Å². The van der Waals surface area contributed by atoms with Gasteiger partial charge in [-0.15, -0.1) is 0 Å². The van der Waals surface area contributed by atoms with E-state index in [4.69, 9.17) is 0 Å². The van der Waals surface area contributed by atoms with Gasteiger partial charge in [0.05, 0.1) is 18.2 Å². The van der Waals surface area contributed by atoms with Gasteiger partial charge in [-0.2, -0.15) is 0 Å². The van der Waals surface area contributed by atoms with Gasteiger partial charge in [-0.05, 0) is 50.2 Å². The molecule has 2 saturated heterocycles. The number of hydrogen-bond donors (Lipinski definition) is 1. The molecule has 144 valence electrons. The monoisotopic (exact) mass is 377 g/mol. The molecule has 2 heterocycles. The van der Waals surface area contributed by atoms with Gasteiger partial charge in [-0.25, -0.2) is 4.90 Å². The van der Waals surface area contributed by atoms with E-state index in [0.717, 1.165) is 5.69 Å². The van der Waals surface area contributed by atoms with Crippen LogP contribution in [0.15, 0.2) is 60.7 Å². The largest absolute Gasteiger partial charge is 0.326 e. The number of amides is 3. The summed E-state index contributed by atoms with van der Waals surface area (Å²) in [4.78, 5) is 41.1. The van der Waals surface area contributed by atoms with Crippen LogP contribution in [0.5, 0.6) is 0 Å². The minimum Gasteiger partial charge on any atom is -0.326 e. The summed E-state index contributed by atoms with van der Waals surface area (Å²) in [7, 11) is 0. The Balaban J connectivity index is 1.36. The van der Waals surface area contributed by atoms with Crippen LogP contribution < -0.4 is 10.2 Å². The van der Waals surface area contributed by atoms with Crippen molar-refractivity contribution in [2.24, 2.45) is 5.92 Å². The second kappa shape index (κ2) is 7.94. The number of carbonyl (C=O) groups is 3. The Labute approximate surface area is 164 Å². The second-order valence-corrected chi connectivity index (χ2v) is 7.29. The molecule has 1 atom stereocenters. The Morgan fingerprint density at radius 3 is 2.14 bits per heavy atom. The molecule has 0 unspecified atom stereocenters. The lowest BCUT2D eigenvalue weighted by Gasteiger charge is -2.34. The lowest BCUT2D eigenvalue weighted by Crippen LogP contribution is -2.47. The summed E-state index contributed by atoms with van der Waals surface area (Å²) < 4.78 is 0. The SMILES string of the molecule is O=C(Nc1ccccc1)C1CCN([C@@H]2CC(=O)N(c3ccccc3)C2=O)CC1. The maximum Gasteiger partial charge on any atom is 0.251 e. The molecule has 0 saturated carbocycles. The first-order valence-corrected chi connectivity index (χ1v) is 9.65. The number of benzene rings is 2. The van der Waals surface area contributed by atoms with Crippen LogP contribution >= 0.6 is 0 Å². The van der Waals surface area contributed by atoms with E-state index in [-0.39, 0.29) is 30.1 Å². The minimum absolute atomic E-state index is 0.0191. The molecule has 0 bridgehead atoms. The van der Waals surface area contributed by atoms with Crippen LogP contribution in [0.4, 0.5) is 11.4 Å². The smallest absolute Gasteiger partial charge is 0.251 e. The molecular weight excluding hydrogens is 354 g/mol. The topological polar surface area (TPSA) is 69.7 Å². The minimum atomic E-state index is -0.425. The number of likely N-dealkylation sites (tertiary alicyclic amines) is 1. The molecule has 0 aromatic heterocycles. The first-order chi connectivity index (χ1) is 13.6. The second-order valence-electron chi connectivity index (χ2n) is 7.29. The van der Waals surface area contributed by atoms with E-state index < -0.39 is 6.04 Å². The highest BCUT2D eigenvalue weighted by atomic mass is 16.2. The molecule has 0 aliphatic carbocycles. The molecule has 0 radical (unpaired) electrons. The van der Waals surface area contributed by atoms with Crippen LogP contribution in [-0.2, 0) is 14.4 Å². The highest BCUT2D eigenvalue weighted by Crippen LogP contribution is 2.28. The molecule has 2 fully saturated rings. The molecule has 2 aliphatic rings. The predicted molar refractivity (Wildman–Crippen MR) is 107 cm³/mol. The van der Waals surface area contributed by atoms with E-state index >= 15 is 0 Å². The lowest BCUT2D eigenvalue weighted by molar-refractivity contribution is -0.123. The molecule has 6 nitrogen and oxygen atoms in total. The van der Waals surface area contributed by atoms with Crippen molar-refractivity contribution >= 4 is 29.1 Å². The Morgan fingerprint density at radius 2 is 1.50 bits per heavy atom. The molecule has 4 rings (SSSR count). The van der Waals surface area contributed by atoms with E-state index in [0.29, 0.717) is 31.6 Å². The van der Waals surface area contributed by atoms with Gasteiger partial charge < -0.3 is 5.32 Å². The van der Waals surface area contributed by atoms with Gasteiger partial charge >= 0.3 is 0 Å². The van der Waals surface area contributed by atoms with Gasteiger partial charge in [-0.1, -0.05) is 36.4 Å². The Kier molecular flexibility index (Phi) is 5.21. The Bertz CT molecular complexity index is 861. The van der Waals surface area contributed by atoms with Crippen LogP contribution in [0, 0.1) is 5.92 Å². The fourth-order valence-corrected chi connectivity index (χ4v) is 3.99. The maximum atomic E-state index is 12.9. The average Bonchev–Trinajstić information content (AvgIpc) is 3.03. The van der Waals surface area contributed by atoms with Crippen LogP contribution in [0.25, 0.3) is 0 Å². The fraction of sp³-hybridized carbons (Fsp3) is 0.318. The molecule has 2 aliphatic heterocycles. The molecular formula is C22H23N3O3. The predicted octanol–water partition coefficient (Wildman–Crippen LogP) is 2.67. The van der Waals surface area contributed by atoms with Crippen LogP contribution in [0.3, 0.4) is 0 Å². The number of para-hydroxylation sites is 2. The lowest BCUT2D eigenvalue weighted by atomic mass is 9.94. The maximum absolute atomic E-state index is 12.9. The van der Waals surface area contributed by atoms with Gasteiger partial charge in [0.15, 0.2) is 0 Å². The van der Waals surface area contributed by atoms with Crippen LogP contribution in [0.1, 0.15) is 19.3 Å². The molecule has 28 heavy (non-hydrogen) atoms. The Morgan fingerprint density at radius 1 is 0.893 bits per heavy atom. The molecule has 0 spiro atoms. The summed E-state index contributed by atoms with van der Waals surface area (Å²) in [5.41, 5.74) is 1.42. The zero-order valence-electron chi connectivity index (χ0n) is 15.6.